The normalized spacial score (nSPS) is 23.6. The molecule has 0 unspecified atom stereocenters. The van der Waals surface area contributed by atoms with Crippen LogP contribution in [0.1, 0.15) is 37.3 Å². The first-order valence-electron chi connectivity index (χ1n) is 7.55. The lowest BCUT2D eigenvalue weighted by molar-refractivity contribution is 0.125. The number of hydrogen-bond acceptors (Lipinski definition) is 2. The Hall–Kier alpha value is -0.380. The molecule has 1 aromatic carbocycles. The maximum atomic E-state index is 3.77. The third-order valence-electron chi connectivity index (χ3n) is 4.62. The fraction of sp³-hybridized carbons (Fsp3) is 0.625. The number of piperazine rings is 1. The van der Waals surface area contributed by atoms with E-state index in [0.29, 0.717) is 6.04 Å². The molecule has 1 aliphatic carbocycles. The van der Waals surface area contributed by atoms with Crippen LogP contribution in [0.2, 0.25) is 0 Å². The molecule has 2 aliphatic rings. The molecule has 0 radical (unpaired) electrons. The van der Waals surface area contributed by atoms with E-state index in [0.717, 1.165) is 19.0 Å². The zero-order chi connectivity index (χ0) is 13.1. The Balaban J connectivity index is 1.88. The van der Waals surface area contributed by atoms with E-state index < -0.39 is 0 Å². The van der Waals surface area contributed by atoms with Gasteiger partial charge in [0.15, 0.2) is 0 Å². The van der Waals surface area contributed by atoms with Crippen molar-refractivity contribution in [1.29, 1.82) is 0 Å². The number of hydrogen-bond donors (Lipinski definition) is 1. The first kappa shape index (κ1) is 13.6. The monoisotopic (exact) mass is 322 g/mol. The molecule has 0 aromatic heterocycles. The second kappa shape index (κ2) is 6.38. The first-order chi connectivity index (χ1) is 9.36. The molecule has 19 heavy (non-hydrogen) atoms. The Morgan fingerprint density at radius 2 is 1.79 bits per heavy atom. The average Bonchev–Trinajstić information content (AvgIpc) is 2.96. The van der Waals surface area contributed by atoms with Gasteiger partial charge in [0.05, 0.1) is 0 Å². The lowest BCUT2D eigenvalue weighted by atomic mass is 9.90. The molecule has 1 aliphatic heterocycles. The van der Waals surface area contributed by atoms with Crippen molar-refractivity contribution in [2.45, 2.75) is 31.7 Å². The van der Waals surface area contributed by atoms with Crippen molar-refractivity contribution in [3.8, 4) is 0 Å². The van der Waals surface area contributed by atoms with Crippen molar-refractivity contribution in [2.24, 2.45) is 5.92 Å². The van der Waals surface area contributed by atoms with E-state index in [4.69, 9.17) is 0 Å². The summed E-state index contributed by atoms with van der Waals surface area (Å²) in [5.41, 5.74) is 1.50. The van der Waals surface area contributed by atoms with E-state index in [9.17, 15) is 0 Å². The smallest absolute Gasteiger partial charge is 0.0388 e. The van der Waals surface area contributed by atoms with Gasteiger partial charge in [0.1, 0.15) is 0 Å². The summed E-state index contributed by atoms with van der Waals surface area (Å²) in [6.07, 6.45) is 5.63. The van der Waals surface area contributed by atoms with Gasteiger partial charge in [-0.15, -0.1) is 0 Å². The minimum Gasteiger partial charge on any atom is -0.314 e. The highest BCUT2D eigenvalue weighted by Crippen LogP contribution is 2.41. The molecule has 1 heterocycles. The van der Waals surface area contributed by atoms with Gasteiger partial charge in [0.25, 0.3) is 0 Å². The van der Waals surface area contributed by atoms with Crippen LogP contribution in [0.3, 0.4) is 0 Å². The van der Waals surface area contributed by atoms with E-state index in [2.05, 4.69) is 50.4 Å². The van der Waals surface area contributed by atoms with Gasteiger partial charge in [-0.05, 0) is 30.4 Å². The molecule has 1 saturated carbocycles. The Kier molecular flexibility index (Phi) is 4.57. The quantitative estimate of drug-likeness (QED) is 0.914. The molecule has 0 spiro atoms. The topological polar surface area (TPSA) is 15.3 Å². The highest BCUT2D eigenvalue weighted by Gasteiger charge is 2.32. The number of rotatable bonds is 3. The maximum absolute atomic E-state index is 3.77. The highest BCUT2D eigenvalue weighted by molar-refractivity contribution is 9.10. The van der Waals surface area contributed by atoms with Crippen molar-refractivity contribution in [2.75, 3.05) is 26.2 Å². The van der Waals surface area contributed by atoms with Crippen molar-refractivity contribution >= 4 is 15.9 Å². The van der Waals surface area contributed by atoms with Crippen molar-refractivity contribution in [3.05, 3.63) is 34.3 Å². The zero-order valence-electron chi connectivity index (χ0n) is 11.4. The molecule has 3 rings (SSSR count). The standard InChI is InChI=1S/C16H23BrN2/c17-15-8-4-3-7-14(15)16(13-5-1-2-6-13)19-11-9-18-10-12-19/h3-4,7-8,13,16,18H,1-2,5-6,9-12H2/t16-/m0/s1. The third-order valence-corrected chi connectivity index (χ3v) is 5.34. The van der Waals surface area contributed by atoms with Crippen LogP contribution < -0.4 is 5.32 Å². The molecule has 1 N–H and O–H groups in total. The van der Waals surface area contributed by atoms with Gasteiger partial charge in [-0.3, -0.25) is 4.90 Å². The maximum Gasteiger partial charge on any atom is 0.0388 e. The lowest BCUT2D eigenvalue weighted by Gasteiger charge is -2.39. The summed E-state index contributed by atoms with van der Waals surface area (Å²) >= 11 is 3.77. The summed E-state index contributed by atoms with van der Waals surface area (Å²) < 4.78 is 1.28. The van der Waals surface area contributed by atoms with Crippen LogP contribution in [0.15, 0.2) is 28.7 Å². The summed E-state index contributed by atoms with van der Waals surface area (Å²) in [6, 6.07) is 9.43. The third kappa shape index (κ3) is 3.04. The van der Waals surface area contributed by atoms with Crippen LogP contribution in [0.5, 0.6) is 0 Å². The van der Waals surface area contributed by atoms with Crippen molar-refractivity contribution < 1.29 is 0 Å². The number of nitrogens with zero attached hydrogens (tertiary/aromatic N) is 1. The van der Waals surface area contributed by atoms with Gasteiger partial charge in [-0.25, -0.2) is 0 Å². The summed E-state index contributed by atoms with van der Waals surface area (Å²) in [7, 11) is 0. The second-order valence-electron chi connectivity index (χ2n) is 5.80. The molecule has 104 valence electrons. The molecule has 0 bridgehead atoms. The van der Waals surface area contributed by atoms with E-state index >= 15 is 0 Å². The van der Waals surface area contributed by atoms with E-state index in [1.807, 2.05) is 0 Å². The van der Waals surface area contributed by atoms with Crippen LogP contribution in [0, 0.1) is 5.92 Å². The largest absolute Gasteiger partial charge is 0.314 e. The van der Waals surface area contributed by atoms with E-state index in [-0.39, 0.29) is 0 Å². The zero-order valence-corrected chi connectivity index (χ0v) is 13.0. The van der Waals surface area contributed by atoms with Gasteiger partial charge in [0, 0.05) is 36.7 Å². The molecule has 1 saturated heterocycles. The van der Waals surface area contributed by atoms with Gasteiger partial charge in [-0.2, -0.15) is 0 Å². The number of nitrogens with one attached hydrogen (secondary N) is 1. The molecular weight excluding hydrogens is 300 g/mol. The SMILES string of the molecule is Brc1ccccc1[C@H](C1CCCC1)N1CCNCC1. The fourth-order valence-corrected chi connectivity index (χ4v) is 4.22. The van der Waals surface area contributed by atoms with Gasteiger partial charge in [0.2, 0.25) is 0 Å². The lowest BCUT2D eigenvalue weighted by Crippen LogP contribution is -2.46. The molecule has 2 fully saturated rings. The Labute approximate surface area is 124 Å². The summed E-state index contributed by atoms with van der Waals surface area (Å²) in [5.74, 6) is 0.844. The molecular formula is C16H23BrN2. The van der Waals surface area contributed by atoms with Crippen LogP contribution in [0.4, 0.5) is 0 Å². The Bertz CT molecular complexity index is 409. The van der Waals surface area contributed by atoms with Crippen LogP contribution in [-0.4, -0.2) is 31.1 Å². The van der Waals surface area contributed by atoms with Gasteiger partial charge < -0.3 is 5.32 Å². The first-order valence-corrected chi connectivity index (χ1v) is 8.35. The number of halogens is 1. The minimum absolute atomic E-state index is 0.611. The van der Waals surface area contributed by atoms with E-state index in [1.165, 1.54) is 48.8 Å². The van der Waals surface area contributed by atoms with Crippen molar-refractivity contribution in [3.63, 3.8) is 0 Å². The number of benzene rings is 1. The molecule has 0 amide bonds. The van der Waals surface area contributed by atoms with E-state index in [1.54, 1.807) is 0 Å². The van der Waals surface area contributed by atoms with Crippen molar-refractivity contribution in [1.82, 2.24) is 10.2 Å². The van der Waals surface area contributed by atoms with Crippen LogP contribution in [-0.2, 0) is 0 Å². The molecule has 2 nitrogen and oxygen atoms in total. The molecule has 1 atom stereocenters. The molecule has 1 aromatic rings. The summed E-state index contributed by atoms with van der Waals surface area (Å²) in [6.45, 7) is 4.63. The highest BCUT2D eigenvalue weighted by atomic mass is 79.9. The fourth-order valence-electron chi connectivity index (χ4n) is 3.70. The summed E-state index contributed by atoms with van der Waals surface area (Å²) in [5, 5.41) is 3.47. The average molecular weight is 323 g/mol. The van der Waals surface area contributed by atoms with Crippen LogP contribution in [0.25, 0.3) is 0 Å². The molecule has 3 heteroatoms. The van der Waals surface area contributed by atoms with Gasteiger partial charge >= 0.3 is 0 Å². The van der Waals surface area contributed by atoms with Crippen LogP contribution >= 0.6 is 15.9 Å². The summed E-state index contributed by atoms with van der Waals surface area (Å²) in [4.78, 5) is 2.70. The Morgan fingerprint density at radius 3 is 2.47 bits per heavy atom. The minimum atomic E-state index is 0.611. The Morgan fingerprint density at radius 1 is 1.11 bits per heavy atom. The second-order valence-corrected chi connectivity index (χ2v) is 6.65. The predicted octanol–water partition coefficient (Wildman–Crippen LogP) is 3.59. The predicted molar refractivity (Wildman–Crippen MR) is 83.3 cm³/mol. The van der Waals surface area contributed by atoms with Gasteiger partial charge in [-0.1, -0.05) is 47.0 Å².